The number of carbonyl (C=O) groups is 1. The Balaban J connectivity index is 1.70. The Kier molecular flexibility index (Phi) is 6.26. The minimum absolute atomic E-state index is 0.356. The van der Waals surface area contributed by atoms with E-state index in [2.05, 4.69) is 55.6 Å². The first-order valence-electron chi connectivity index (χ1n) is 9.19. The molecule has 3 aromatic carbocycles. The Labute approximate surface area is 159 Å². The van der Waals surface area contributed by atoms with Gasteiger partial charge < -0.3 is 9.47 Å². The molecular weight excluding hydrogens is 336 g/mol. The fraction of sp³-hybridized carbons (Fsp3) is 0.208. The van der Waals surface area contributed by atoms with Gasteiger partial charge >= 0.3 is 5.97 Å². The quantitative estimate of drug-likeness (QED) is 0.164. The van der Waals surface area contributed by atoms with E-state index in [1.54, 1.807) is 6.08 Å². The van der Waals surface area contributed by atoms with E-state index in [0.717, 1.165) is 25.0 Å². The molecule has 3 nitrogen and oxygen atoms in total. The van der Waals surface area contributed by atoms with Crippen molar-refractivity contribution in [2.24, 2.45) is 0 Å². The van der Waals surface area contributed by atoms with Gasteiger partial charge in [-0.15, -0.1) is 0 Å². The minimum Gasteiger partial charge on any atom is -0.490 e. The molecule has 0 aliphatic carbocycles. The largest absolute Gasteiger partial charge is 0.490 e. The molecule has 0 saturated heterocycles. The Hall–Kier alpha value is -3.07. The van der Waals surface area contributed by atoms with Gasteiger partial charge in [0, 0.05) is 6.08 Å². The predicted molar refractivity (Wildman–Crippen MR) is 111 cm³/mol. The summed E-state index contributed by atoms with van der Waals surface area (Å²) in [5, 5.41) is 4.87. The summed E-state index contributed by atoms with van der Waals surface area (Å²) in [6.45, 7) is 8.02. The van der Waals surface area contributed by atoms with Gasteiger partial charge in [0.1, 0.15) is 12.4 Å². The van der Waals surface area contributed by atoms with Crippen molar-refractivity contribution in [2.45, 2.75) is 19.3 Å². The monoisotopic (exact) mass is 360 g/mol. The van der Waals surface area contributed by atoms with Crippen molar-refractivity contribution in [3.8, 4) is 5.75 Å². The zero-order chi connectivity index (χ0) is 19.1. The number of unbranched alkanes of at least 4 members (excludes halogenated alkanes) is 1. The lowest BCUT2D eigenvalue weighted by molar-refractivity contribution is -0.137. The molecular formula is C24H24O3. The molecule has 0 aliphatic rings. The van der Waals surface area contributed by atoms with Crippen LogP contribution >= 0.6 is 0 Å². The van der Waals surface area contributed by atoms with Crippen molar-refractivity contribution in [1.82, 2.24) is 0 Å². The van der Waals surface area contributed by atoms with Gasteiger partial charge in [-0.05, 0) is 58.5 Å². The maximum atomic E-state index is 11.0. The third-order valence-electron chi connectivity index (χ3n) is 4.51. The lowest BCUT2D eigenvalue weighted by Gasteiger charge is -2.09. The summed E-state index contributed by atoms with van der Waals surface area (Å²) in [5.41, 5.74) is 1.29. The van der Waals surface area contributed by atoms with Crippen molar-refractivity contribution in [3.05, 3.63) is 79.4 Å². The topological polar surface area (TPSA) is 35.5 Å². The van der Waals surface area contributed by atoms with Crippen LogP contribution in [-0.4, -0.2) is 19.2 Å². The number of esters is 1. The van der Waals surface area contributed by atoms with Gasteiger partial charge in [0.05, 0.1) is 6.61 Å². The first-order chi connectivity index (χ1) is 13.2. The van der Waals surface area contributed by atoms with E-state index in [1.807, 2.05) is 6.07 Å². The molecule has 0 amide bonds. The molecule has 0 spiro atoms. The van der Waals surface area contributed by atoms with E-state index in [9.17, 15) is 4.79 Å². The maximum absolute atomic E-state index is 11.0. The second-order valence-electron chi connectivity index (χ2n) is 6.43. The van der Waals surface area contributed by atoms with E-state index in [0.29, 0.717) is 13.2 Å². The van der Waals surface area contributed by atoms with Gasteiger partial charge in [-0.3, -0.25) is 0 Å². The first kappa shape index (κ1) is 18.7. The molecule has 3 heteroatoms. The fourth-order valence-electron chi connectivity index (χ4n) is 3.16. The van der Waals surface area contributed by atoms with Crippen LogP contribution in [0.25, 0.3) is 21.5 Å². The van der Waals surface area contributed by atoms with Crippen LogP contribution < -0.4 is 4.74 Å². The van der Waals surface area contributed by atoms with Crippen molar-refractivity contribution >= 4 is 27.5 Å². The summed E-state index contributed by atoms with van der Waals surface area (Å²) in [5.74, 6) is 0.501. The van der Waals surface area contributed by atoms with Crippen molar-refractivity contribution in [3.63, 3.8) is 0 Å². The number of hydrogen-bond acceptors (Lipinski definition) is 3. The van der Waals surface area contributed by atoms with Crippen molar-refractivity contribution in [2.75, 3.05) is 13.2 Å². The normalized spacial score (nSPS) is 10.7. The Bertz CT molecular complexity index is 972. The molecule has 0 atom stereocenters. The average molecular weight is 360 g/mol. The van der Waals surface area contributed by atoms with Crippen LogP contribution in [0.15, 0.2) is 73.8 Å². The molecule has 0 aromatic heterocycles. The highest BCUT2D eigenvalue weighted by atomic mass is 16.5. The van der Waals surface area contributed by atoms with Crippen LogP contribution in [-0.2, 0) is 16.0 Å². The van der Waals surface area contributed by atoms with Crippen LogP contribution in [0.4, 0.5) is 0 Å². The molecule has 0 aliphatic heterocycles. The molecule has 0 bridgehead atoms. The SMILES string of the molecule is C=CCOc1ccc2c(ccc3cc(CCCCOC(=O)C=C)ccc32)c1. The average Bonchev–Trinajstić information content (AvgIpc) is 2.71. The molecule has 3 rings (SSSR count). The predicted octanol–water partition coefficient (Wildman–Crippen LogP) is 5.61. The van der Waals surface area contributed by atoms with E-state index < -0.39 is 0 Å². The number of aryl methyl sites for hydroxylation is 1. The van der Waals surface area contributed by atoms with Gasteiger partial charge in [0.25, 0.3) is 0 Å². The van der Waals surface area contributed by atoms with Crippen LogP contribution in [0.3, 0.4) is 0 Å². The lowest BCUT2D eigenvalue weighted by atomic mass is 9.98. The third kappa shape index (κ3) is 4.76. The summed E-state index contributed by atoms with van der Waals surface area (Å²) < 4.78 is 10.6. The molecule has 0 saturated carbocycles. The fourth-order valence-corrected chi connectivity index (χ4v) is 3.16. The summed E-state index contributed by atoms with van der Waals surface area (Å²) in [6.07, 6.45) is 5.74. The van der Waals surface area contributed by atoms with Gasteiger partial charge in [-0.25, -0.2) is 4.79 Å². The highest BCUT2D eigenvalue weighted by Crippen LogP contribution is 2.29. The van der Waals surface area contributed by atoms with Crippen LogP contribution in [0.5, 0.6) is 5.75 Å². The number of hydrogen-bond donors (Lipinski definition) is 0. The van der Waals surface area contributed by atoms with E-state index in [4.69, 9.17) is 9.47 Å². The summed E-state index contributed by atoms with van der Waals surface area (Å²) in [7, 11) is 0. The summed E-state index contributed by atoms with van der Waals surface area (Å²) >= 11 is 0. The lowest BCUT2D eigenvalue weighted by Crippen LogP contribution is -2.02. The van der Waals surface area contributed by atoms with Crippen LogP contribution in [0.1, 0.15) is 18.4 Å². The molecule has 0 radical (unpaired) electrons. The number of fused-ring (bicyclic) bond motifs is 3. The molecule has 27 heavy (non-hydrogen) atoms. The summed E-state index contributed by atoms with van der Waals surface area (Å²) in [6, 6.07) is 17.1. The zero-order valence-electron chi connectivity index (χ0n) is 15.4. The molecule has 0 N–H and O–H groups in total. The summed E-state index contributed by atoms with van der Waals surface area (Å²) in [4.78, 5) is 11.0. The van der Waals surface area contributed by atoms with Gasteiger partial charge in [0.2, 0.25) is 0 Å². The van der Waals surface area contributed by atoms with E-state index in [-0.39, 0.29) is 5.97 Å². The number of rotatable bonds is 9. The van der Waals surface area contributed by atoms with Gasteiger partial charge in [-0.1, -0.05) is 55.6 Å². The standard InChI is InChI=1S/C24H24O3/c1-3-14-26-21-11-13-23-20(17-21)10-9-19-16-18(8-12-22(19)23)7-5-6-15-27-24(25)4-2/h3-4,8-13,16-17H,1-2,5-7,14-15H2. The number of benzene rings is 3. The number of ether oxygens (including phenoxy) is 2. The first-order valence-corrected chi connectivity index (χ1v) is 9.19. The maximum Gasteiger partial charge on any atom is 0.330 e. The van der Waals surface area contributed by atoms with Gasteiger partial charge in [-0.2, -0.15) is 0 Å². The zero-order valence-corrected chi connectivity index (χ0v) is 15.4. The van der Waals surface area contributed by atoms with E-state index >= 15 is 0 Å². The molecule has 138 valence electrons. The van der Waals surface area contributed by atoms with Gasteiger partial charge in [0.15, 0.2) is 0 Å². The Morgan fingerprint density at radius 3 is 2.41 bits per heavy atom. The van der Waals surface area contributed by atoms with E-state index in [1.165, 1.54) is 33.2 Å². The smallest absolute Gasteiger partial charge is 0.330 e. The second-order valence-corrected chi connectivity index (χ2v) is 6.43. The number of carbonyl (C=O) groups excluding carboxylic acids is 1. The third-order valence-corrected chi connectivity index (χ3v) is 4.51. The van der Waals surface area contributed by atoms with Crippen LogP contribution in [0, 0.1) is 0 Å². The highest BCUT2D eigenvalue weighted by Gasteiger charge is 2.04. The molecule has 0 unspecified atom stereocenters. The Morgan fingerprint density at radius 1 is 0.926 bits per heavy atom. The second kappa shape index (κ2) is 9.04. The molecule has 3 aromatic rings. The Morgan fingerprint density at radius 2 is 1.67 bits per heavy atom. The van der Waals surface area contributed by atoms with Crippen molar-refractivity contribution in [1.29, 1.82) is 0 Å². The minimum atomic E-state index is -0.356. The highest BCUT2D eigenvalue weighted by molar-refractivity contribution is 6.07. The van der Waals surface area contributed by atoms with Crippen LogP contribution in [0.2, 0.25) is 0 Å². The van der Waals surface area contributed by atoms with Crippen molar-refractivity contribution < 1.29 is 14.3 Å². The molecule has 0 heterocycles. The molecule has 0 fully saturated rings.